The van der Waals surface area contributed by atoms with Crippen molar-refractivity contribution in [3.63, 3.8) is 0 Å². The van der Waals surface area contributed by atoms with E-state index in [1.807, 2.05) is 6.07 Å². The number of rotatable bonds is 3. The van der Waals surface area contributed by atoms with Crippen molar-refractivity contribution in [2.45, 2.75) is 19.5 Å². The maximum absolute atomic E-state index is 12.4. The average Bonchev–Trinajstić information content (AvgIpc) is 2.95. The van der Waals surface area contributed by atoms with Crippen LogP contribution in [-0.4, -0.2) is 36.3 Å². The van der Waals surface area contributed by atoms with Crippen LogP contribution in [-0.2, 0) is 16.1 Å². The molecule has 0 spiro atoms. The predicted molar refractivity (Wildman–Crippen MR) is 104 cm³/mol. The molecule has 1 fully saturated rings. The highest BCUT2D eigenvalue weighted by molar-refractivity contribution is 6.10. The van der Waals surface area contributed by atoms with Crippen LogP contribution in [0.2, 0.25) is 0 Å². The third kappa shape index (κ3) is 3.23. The number of benzene rings is 2. The normalized spacial score (nSPS) is 17.4. The fourth-order valence-electron chi connectivity index (χ4n) is 3.44. The maximum atomic E-state index is 12.4. The Bertz CT molecular complexity index is 900. The second-order valence-corrected chi connectivity index (χ2v) is 6.06. The van der Waals surface area contributed by atoms with Crippen molar-refractivity contribution in [3.8, 4) is 0 Å². The monoisotopic (exact) mass is 359 g/mol. The fourth-order valence-corrected chi connectivity index (χ4v) is 3.44. The Hall–Kier alpha value is -2.08. The molecule has 2 aromatic carbocycles. The van der Waals surface area contributed by atoms with Gasteiger partial charge in [-0.05, 0) is 31.2 Å². The number of ether oxygens (including phenoxy) is 1. The van der Waals surface area contributed by atoms with Crippen LogP contribution in [0.5, 0.6) is 0 Å². The Kier molecular flexibility index (Phi) is 5.27. The predicted octanol–water partition coefficient (Wildman–Crippen LogP) is 3.16. The van der Waals surface area contributed by atoms with Gasteiger partial charge in [-0.15, -0.1) is 12.4 Å². The Morgan fingerprint density at radius 3 is 2.80 bits per heavy atom. The summed E-state index contributed by atoms with van der Waals surface area (Å²) >= 11 is 0. The van der Waals surface area contributed by atoms with E-state index < -0.39 is 0 Å². The molecule has 1 atom stereocenters. The molecular weight excluding hydrogens is 338 g/mol. The summed E-state index contributed by atoms with van der Waals surface area (Å²) in [6.45, 7) is 4.85. The van der Waals surface area contributed by atoms with Gasteiger partial charge in [-0.1, -0.05) is 18.2 Å². The van der Waals surface area contributed by atoms with E-state index in [1.54, 1.807) is 0 Å². The number of hydrogen-bond acceptors (Lipinski definition) is 3. The summed E-state index contributed by atoms with van der Waals surface area (Å²) in [7, 11) is 0. The second kappa shape index (κ2) is 7.44. The Balaban J connectivity index is 0.00000182. The molecule has 2 N–H and O–H groups in total. The summed E-state index contributed by atoms with van der Waals surface area (Å²) in [5.74, 6) is -0.0479. The number of amides is 1. The molecule has 3 aromatic rings. The largest absolute Gasteiger partial charge is 0.378 e. The zero-order valence-corrected chi connectivity index (χ0v) is 14.9. The highest BCUT2D eigenvalue weighted by atomic mass is 35.5. The molecule has 1 saturated heterocycles. The van der Waals surface area contributed by atoms with Crippen molar-refractivity contribution in [1.29, 1.82) is 0 Å². The topological polar surface area (TPSA) is 55.3 Å². The fraction of sp³-hybridized carbons (Fsp3) is 0.316. The lowest BCUT2D eigenvalue weighted by Crippen LogP contribution is -2.48. The number of morpholine rings is 1. The molecule has 132 valence electrons. The van der Waals surface area contributed by atoms with E-state index in [1.165, 1.54) is 16.4 Å². The van der Waals surface area contributed by atoms with Gasteiger partial charge < -0.3 is 19.9 Å². The Morgan fingerprint density at radius 1 is 1.24 bits per heavy atom. The number of anilines is 1. The number of nitrogens with one attached hydrogen (secondary N) is 2. The molecule has 1 aliphatic heterocycles. The number of hydrogen-bond donors (Lipinski definition) is 2. The molecule has 5 nitrogen and oxygen atoms in total. The third-order valence-corrected chi connectivity index (χ3v) is 4.59. The molecule has 0 aliphatic carbocycles. The van der Waals surface area contributed by atoms with Crippen LogP contribution in [0.1, 0.15) is 6.92 Å². The summed E-state index contributed by atoms with van der Waals surface area (Å²) in [4.78, 5) is 12.4. The number of aryl methyl sites for hydroxylation is 1. The van der Waals surface area contributed by atoms with Gasteiger partial charge in [0.05, 0.1) is 13.2 Å². The van der Waals surface area contributed by atoms with Crippen molar-refractivity contribution in [2.24, 2.45) is 0 Å². The van der Waals surface area contributed by atoms with Gasteiger partial charge in [-0.3, -0.25) is 4.79 Å². The zero-order valence-electron chi connectivity index (χ0n) is 14.1. The van der Waals surface area contributed by atoms with Crippen LogP contribution >= 0.6 is 12.4 Å². The molecule has 25 heavy (non-hydrogen) atoms. The number of carbonyl (C=O) groups excluding carboxylic acids is 1. The van der Waals surface area contributed by atoms with Gasteiger partial charge in [0, 0.05) is 40.6 Å². The smallest absolute Gasteiger partial charge is 0.243 e. The Morgan fingerprint density at radius 2 is 2.04 bits per heavy atom. The number of aromatic nitrogens is 1. The van der Waals surface area contributed by atoms with E-state index in [0.29, 0.717) is 19.8 Å². The van der Waals surface area contributed by atoms with Gasteiger partial charge in [0.25, 0.3) is 0 Å². The third-order valence-electron chi connectivity index (χ3n) is 4.59. The minimum Gasteiger partial charge on any atom is -0.378 e. The molecule has 4 rings (SSSR count). The molecular formula is C19H22ClN3O2. The summed E-state index contributed by atoms with van der Waals surface area (Å²) in [6, 6.07) is 14.2. The van der Waals surface area contributed by atoms with Gasteiger partial charge >= 0.3 is 0 Å². The van der Waals surface area contributed by atoms with Crippen LogP contribution in [0.15, 0.2) is 42.5 Å². The van der Waals surface area contributed by atoms with E-state index in [-0.39, 0.29) is 24.4 Å². The molecule has 1 aliphatic rings. The van der Waals surface area contributed by atoms with Gasteiger partial charge in [-0.25, -0.2) is 0 Å². The summed E-state index contributed by atoms with van der Waals surface area (Å²) in [5, 5.41) is 8.56. The van der Waals surface area contributed by atoms with Gasteiger partial charge in [0.2, 0.25) is 5.91 Å². The van der Waals surface area contributed by atoms with E-state index >= 15 is 0 Å². The molecule has 0 bridgehead atoms. The van der Waals surface area contributed by atoms with E-state index in [4.69, 9.17) is 4.74 Å². The van der Waals surface area contributed by atoms with Crippen LogP contribution in [0.4, 0.5) is 5.69 Å². The molecule has 1 aromatic heterocycles. The van der Waals surface area contributed by atoms with Gasteiger partial charge in [0.15, 0.2) is 0 Å². The molecule has 6 heteroatoms. The second-order valence-electron chi connectivity index (χ2n) is 6.06. The van der Waals surface area contributed by atoms with Crippen molar-refractivity contribution in [1.82, 2.24) is 9.88 Å². The maximum Gasteiger partial charge on any atom is 0.243 e. The highest BCUT2D eigenvalue weighted by Gasteiger charge is 2.21. The van der Waals surface area contributed by atoms with Crippen molar-refractivity contribution >= 4 is 45.8 Å². The highest BCUT2D eigenvalue weighted by Crippen LogP contribution is 2.30. The standard InChI is InChI=1S/C19H21N3O2.ClH/c1-2-22-17-6-4-3-5-14(17)15-11-13(7-8-18(15)22)21-19(23)16-12-24-10-9-20-16;/h3-8,11,16,20H,2,9-10,12H2,1H3,(H,21,23);1H. The van der Waals surface area contributed by atoms with Crippen molar-refractivity contribution in [2.75, 3.05) is 25.1 Å². The average molecular weight is 360 g/mol. The first-order valence-electron chi connectivity index (χ1n) is 8.41. The van der Waals surface area contributed by atoms with E-state index in [9.17, 15) is 4.79 Å². The lowest BCUT2D eigenvalue weighted by atomic mass is 10.1. The number of fused-ring (bicyclic) bond motifs is 3. The van der Waals surface area contributed by atoms with Crippen molar-refractivity contribution < 1.29 is 9.53 Å². The van der Waals surface area contributed by atoms with Crippen LogP contribution in [0.25, 0.3) is 21.8 Å². The first-order valence-corrected chi connectivity index (χ1v) is 8.41. The minimum atomic E-state index is -0.286. The summed E-state index contributed by atoms with van der Waals surface area (Å²) in [5.41, 5.74) is 3.23. The number of carbonyl (C=O) groups is 1. The minimum absolute atomic E-state index is 0. The first-order chi connectivity index (χ1) is 11.8. The summed E-state index contributed by atoms with van der Waals surface area (Å²) in [6.07, 6.45) is 0. The van der Waals surface area contributed by atoms with E-state index in [2.05, 4.69) is 58.5 Å². The number of nitrogens with zero attached hydrogens (tertiary/aromatic N) is 1. The number of halogens is 1. The molecule has 0 radical (unpaired) electrons. The quantitative estimate of drug-likeness (QED) is 0.755. The Labute approximate surface area is 152 Å². The molecule has 1 amide bonds. The SMILES string of the molecule is CCn1c2ccccc2c2cc(NC(=O)C3COCCN3)ccc21.Cl. The summed E-state index contributed by atoms with van der Waals surface area (Å²) < 4.78 is 7.66. The lowest BCUT2D eigenvalue weighted by Gasteiger charge is -2.22. The molecule has 0 saturated carbocycles. The van der Waals surface area contributed by atoms with Crippen molar-refractivity contribution in [3.05, 3.63) is 42.5 Å². The van der Waals surface area contributed by atoms with Crippen LogP contribution < -0.4 is 10.6 Å². The lowest BCUT2D eigenvalue weighted by molar-refractivity contribution is -0.120. The first kappa shape index (κ1) is 17.7. The van der Waals surface area contributed by atoms with Gasteiger partial charge in [-0.2, -0.15) is 0 Å². The number of para-hydroxylation sites is 1. The zero-order chi connectivity index (χ0) is 16.5. The van der Waals surface area contributed by atoms with Crippen LogP contribution in [0.3, 0.4) is 0 Å². The molecule has 1 unspecified atom stereocenters. The van der Waals surface area contributed by atoms with Gasteiger partial charge in [0.1, 0.15) is 6.04 Å². The molecule has 2 heterocycles. The van der Waals surface area contributed by atoms with E-state index in [0.717, 1.165) is 17.6 Å². The van der Waals surface area contributed by atoms with Crippen LogP contribution in [0, 0.1) is 0 Å².